The molecule has 18 heavy (non-hydrogen) atoms. The number of benzene rings is 1. The summed E-state index contributed by atoms with van der Waals surface area (Å²) in [6.45, 7) is 2.89. The van der Waals surface area contributed by atoms with Crippen LogP contribution in [0.4, 0.5) is 0 Å². The molecule has 3 nitrogen and oxygen atoms in total. The van der Waals surface area contributed by atoms with Crippen LogP contribution in [0.1, 0.15) is 48.7 Å². The van der Waals surface area contributed by atoms with Gasteiger partial charge in [0.05, 0.1) is 0 Å². The molecule has 1 heterocycles. The minimum atomic E-state index is -0.614. The minimum Gasteiger partial charge on any atom is -0.380 e. The highest BCUT2D eigenvalue weighted by Crippen LogP contribution is 2.43. The van der Waals surface area contributed by atoms with Crippen LogP contribution >= 0.6 is 0 Å². The zero-order valence-electron chi connectivity index (χ0n) is 10.6. The predicted octanol–water partition coefficient (Wildman–Crippen LogP) is 2.86. The first-order chi connectivity index (χ1) is 8.81. The van der Waals surface area contributed by atoms with Gasteiger partial charge >= 0.3 is 0 Å². The minimum absolute atomic E-state index is 0.614. The van der Waals surface area contributed by atoms with E-state index in [9.17, 15) is 5.11 Å². The van der Waals surface area contributed by atoms with Gasteiger partial charge in [-0.05, 0) is 36.8 Å². The van der Waals surface area contributed by atoms with Gasteiger partial charge in [-0.25, -0.2) is 4.98 Å². The SMILES string of the molecule is CCn1ccnc1C(O)c1ccccc1C1CC1. The number of aliphatic hydroxyl groups excluding tert-OH is 1. The maximum absolute atomic E-state index is 10.6. The van der Waals surface area contributed by atoms with Crippen molar-refractivity contribution < 1.29 is 5.11 Å². The molecule has 1 N–H and O–H groups in total. The van der Waals surface area contributed by atoms with Crippen LogP contribution in [0.25, 0.3) is 0 Å². The molecule has 1 atom stereocenters. The Hall–Kier alpha value is -1.61. The summed E-state index contributed by atoms with van der Waals surface area (Å²) in [5.41, 5.74) is 2.30. The number of aliphatic hydroxyl groups is 1. The summed E-state index contributed by atoms with van der Waals surface area (Å²) >= 11 is 0. The highest BCUT2D eigenvalue weighted by molar-refractivity contribution is 5.37. The van der Waals surface area contributed by atoms with Gasteiger partial charge in [-0.2, -0.15) is 0 Å². The molecular formula is C15H18N2O. The van der Waals surface area contributed by atoms with E-state index in [-0.39, 0.29) is 0 Å². The number of aromatic nitrogens is 2. The van der Waals surface area contributed by atoms with Crippen molar-refractivity contribution in [2.24, 2.45) is 0 Å². The molecule has 0 spiro atoms. The topological polar surface area (TPSA) is 38.0 Å². The molecule has 1 saturated carbocycles. The standard InChI is InChI=1S/C15H18N2O/c1-2-17-10-9-16-15(17)14(18)13-6-4-3-5-12(13)11-7-8-11/h3-6,9-11,14,18H,2,7-8H2,1H3. The van der Waals surface area contributed by atoms with Gasteiger partial charge in [-0.15, -0.1) is 0 Å². The van der Waals surface area contributed by atoms with E-state index < -0.39 is 6.10 Å². The van der Waals surface area contributed by atoms with E-state index in [1.54, 1.807) is 6.20 Å². The van der Waals surface area contributed by atoms with Crippen LogP contribution in [0.15, 0.2) is 36.7 Å². The van der Waals surface area contributed by atoms with Gasteiger partial charge in [0.1, 0.15) is 11.9 Å². The van der Waals surface area contributed by atoms with Crippen molar-refractivity contribution in [1.82, 2.24) is 9.55 Å². The van der Waals surface area contributed by atoms with E-state index in [0.29, 0.717) is 5.92 Å². The Bertz CT molecular complexity index is 543. The highest BCUT2D eigenvalue weighted by Gasteiger charge is 2.29. The number of nitrogens with zero attached hydrogens (tertiary/aromatic N) is 2. The third-order valence-electron chi connectivity index (χ3n) is 3.64. The second kappa shape index (κ2) is 4.58. The lowest BCUT2D eigenvalue weighted by Gasteiger charge is -2.16. The van der Waals surface area contributed by atoms with Crippen molar-refractivity contribution in [1.29, 1.82) is 0 Å². The van der Waals surface area contributed by atoms with Crippen molar-refractivity contribution in [3.8, 4) is 0 Å². The van der Waals surface area contributed by atoms with E-state index >= 15 is 0 Å². The van der Waals surface area contributed by atoms with Crippen LogP contribution in [0, 0.1) is 0 Å². The van der Waals surface area contributed by atoms with Crippen LogP contribution in [0.3, 0.4) is 0 Å². The summed E-state index contributed by atoms with van der Waals surface area (Å²) in [6.07, 6.45) is 5.54. The number of aryl methyl sites for hydroxylation is 1. The molecule has 94 valence electrons. The summed E-state index contributed by atoms with van der Waals surface area (Å²) in [5.74, 6) is 1.38. The Labute approximate surface area is 107 Å². The second-order valence-corrected chi connectivity index (χ2v) is 4.88. The molecule has 0 radical (unpaired) electrons. The molecular weight excluding hydrogens is 224 g/mol. The van der Waals surface area contributed by atoms with Gasteiger partial charge in [0.2, 0.25) is 0 Å². The monoisotopic (exact) mass is 242 g/mol. The van der Waals surface area contributed by atoms with Crippen LogP contribution < -0.4 is 0 Å². The molecule has 0 aliphatic heterocycles. The van der Waals surface area contributed by atoms with Crippen LogP contribution in [-0.2, 0) is 6.54 Å². The zero-order chi connectivity index (χ0) is 12.5. The lowest BCUT2D eigenvalue weighted by atomic mass is 9.98. The average molecular weight is 242 g/mol. The Morgan fingerprint density at radius 3 is 2.89 bits per heavy atom. The van der Waals surface area contributed by atoms with Gasteiger partial charge in [-0.3, -0.25) is 0 Å². The van der Waals surface area contributed by atoms with Crippen molar-refractivity contribution in [3.63, 3.8) is 0 Å². The van der Waals surface area contributed by atoms with E-state index in [1.165, 1.54) is 18.4 Å². The van der Waals surface area contributed by atoms with Crippen molar-refractivity contribution in [2.75, 3.05) is 0 Å². The molecule has 1 unspecified atom stereocenters. The van der Waals surface area contributed by atoms with Crippen molar-refractivity contribution >= 4 is 0 Å². The van der Waals surface area contributed by atoms with Gasteiger partial charge in [-0.1, -0.05) is 24.3 Å². The van der Waals surface area contributed by atoms with Crippen LogP contribution in [0.2, 0.25) is 0 Å². The molecule has 0 saturated heterocycles. The first-order valence-corrected chi connectivity index (χ1v) is 6.59. The summed E-state index contributed by atoms with van der Waals surface area (Å²) in [6, 6.07) is 8.20. The molecule has 2 aromatic rings. The summed E-state index contributed by atoms with van der Waals surface area (Å²) < 4.78 is 1.99. The quantitative estimate of drug-likeness (QED) is 0.895. The third kappa shape index (κ3) is 1.95. The lowest BCUT2D eigenvalue weighted by molar-refractivity contribution is 0.203. The highest BCUT2D eigenvalue weighted by atomic mass is 16.3. The normalized spacial score (nSPS) is 16.8. The Balaban J connectivity index is 1.99. The van der Waals surface area contributed by atoms with E-state index in [2.05, 4.69) is 24.0 Å². The van der Waals surface area contributed by atoms with Crippen molar-refractivity contribution in [2.45, 2.75) is 38.3 Å². The average Bonchev–Trinajstić information content (AvgIpc) is 3.15. The van der Waals surface area contributed by atoms with Crippen LogP contribution in [-0.4, -0.2) is 14.7 Å². The Morgan fingerprint density at radius 2 is 2.17 bits per heavy atom. The molecule has 1 aliphatic carbocycles. The molecule has 3 rings (SSSR count). The molecule has 1 aromatic carbocycles. The first-order valence-electron chi connectivity index (χ1n) is 6.59. The molecule has 3 heteroatoms. The van der Waals surface area contributed by atoms with Crippen molar-refractivity contribution in [3.05, 3.63) is 53.6 Å². The third-order valence-corrected chi connectivity index (χ3v) is 3.64. The number of rotatable bonds is 4. The summed E-state index contributed by atoms with van der Waals surface area (Å²) in [5, 5.41) is 10.6. The van der Waals surface area contributed by atoms with E-state index in [4.69, 9.17) is 0 Å². The summed E-state index contributed by atoms with van der Waals surface area (Å²) in [7, 11) is 0. The lowest BCUT2D eigenvalue weighted by Crippen LogP contribution is -2.10. The zero-order valence-corrected chi connectivity index (χ0v) is 10.6. The fraction of sp³-hybridized carbons (Fsp3) is 0.400. The molecule has 1 aromatic heterocycles. The predicted molar refractivity (Wildman–Crippen MR) is 70.4 cm³/mol. The number of hydrogen-bond acceptors (Lipinski definition) is 2. The number of hydrogen-bond donors (Lipinski definition) is 1. The fourth-order valence-electron chi connectivity index (χ4n) is 2.50. The molecule has 0 bridgehead atoms. The molecule has 1 fully saturated rings. The molecule has 1 aliphatic rings. The smallest absolute Gasteiger partial charge is 0.142 e. The molecule has 0 amide bonds. The van der Waals surface area contributed by atoms with E-state index in [1.807, 2.05) is 22.9 Å². The van der Waals surface area contributed by atoms with Gasteiger partial charge in [0.15, 0.2) is 0 Å². The van der Waals surface area contributed by atoms with Gasteiger partial charge in [0.25, 0.3) is 0 Å². The largest absolute Gasteiger partial charge is 0.380 e. The van der Waals surface area contributed by atoms with Gasteiger partial charge in [0, 0.05) is 18.9 Å². The van der Waals surface area contributed by atoms with Crippen LogP contribution in [0.5, 0.6) is 0 Å². The van der Waals surface area contributed by atoms with Gasteiger partial charge < -0.3 is 9.67 Å². The fourth-order valence-corrected chi connectivity index (χ4v) is 2.50. The maximum atomic E-state index is 10.6. The second-order valence-electron chi connectivity index (χ2n) is 4.88. The summed E-state index contributed by atoms with van der Waals surface area (Å²) in [4.78, 5) is 4.30. The first kappa shape index (κ1) is 11.5. The Morgan fingerprint density at radius 1 is 1.39 bits per heavy atom. The van der Waals surface area contributed by atoms with E-state index in [0.717, 1.165) is 17.9 Å². The Kier molecular flexibility index (Phi) is 2.92. The number of imidazole rings is 1. The maximum Gasteiger partial charge on any atom is 0.142 e.